The van der Waals surface area contributed by atoms with Gasteiger partial charge in [0.1, 0.15) is 22.8 Å². The number of hydrogen-bond donors (Lipinski definition) is 6. The standard InChI is InChI=1S/C40H43N5O8/c1-43(2)28-16-27(42-39(52)24-18-45(19-24)17-20-10-12-22(13-11-20)21-8-6-5-7-9-21)33(46)30-25(28)14-23-15-26-32(44(3)4)35(48)31(38(41)51)37(50)40(26,53)36(49)29(23)34(30)47/h5-13,16,23-24,26,32,46-47,50,53H,14-15,17-19H2,1-4H3,(H2,41,51)(H,42,52)/t23-,26?,32-,40-/m0/s1. The van der Waals surface area contributed by atoms with Gasteiger partial charge in [0.05, 0.1) is 23.2 Å². The van der Waals surface area contributed by atoms with Gasteiger partial charge in [-0.15, -0.1) is 0 Å². The molecule has 7 N–H and O–H groups in total. The third-order valence-corrected chi connectivity index (χ3v) is 11.2. The summed E-state index contributed by atoms with van der Waals surface area (Å²) in [5, 5.41) is 49.2. The number of nitrogens with zero attached hydrogens (tertiary/aromatic N) is 3. The normalized spacial score (nSPS) is 24.4. The Labute approximate surface area is 306 Å². The Balaban J connectivity index is 1.14. The van der Waals surface area contributed by atoms with Crippen LogP contribution in [0.3, 0.4) is 0 Å². The Kier molecular flexibility index (Phi) is 8.92. The summed E-state index contributed by atoms with van der Waals surface area (Å²) in [5.74, 6) is -7.99. The Morgan fingerprint density at radius 3 is 2.21 bits per heavy atom. The van der Waals surface area contributed by atoms with Crippen molar-refractivity contribution in [1.82, 2.24) is 9.80 Å². The molecule has 7 rings (SSSR count). The quantitative estimate of drug-likeness (QED) is 0.148. The molecule has 3 aromatic rings. The number of amides is 2. The van der Waals surface area contributed by atoms with E-state index in [-0.39, 0.29) is 41.5 Å². The van der Waals surface area contributed by atoms with E-state index in [2.05, 4.69) is 46.6 Å². The number of aliphatic hydroxyl groups is 3. The fraction of sp³-hybridized carbons (Fsp3) is 0.350. The van der Waals surface area contributed by atoms with Crippen LogP contribution in [-0.2, 0) is 32.1 Å². The van der Waals surface area contributed by atoms with Gasteiger partial charge in [0, 0.05) is 50.9 Å². The number of carbonyl (C=O) groups excluding carboxylic acids is 4. The first-order valence-corrected chi connectivity index (χ1v) is 17.5. The van der Waals surface area contributed by atoms with Gasteiger partial charge in [-0.25, -0.2) is 0 Å². The smallest absolute Gasteiger partial charge is 0.255 e. The fourth-order valence-corrected chi connectivity index (χ4v) is 8.58. The third kappa shape index (κ3) is 5.75. The second kappa shape index (κ2) is 13.2. The molecule has 1 saturated carbocycles. The molecule has 53 heavy (non-hydrogen) atoms. The van der Waals surface area contributed by atoms with Gasteiger partial charge in [0.25, 0.3) is 5.91 Å². The van der Waals surface area contributed by atoms with Crippen LogP contribution in [0.2, 0.25) is 0 Å². The number of hydrogen-bond acceptors (Lipinski definition) is 11. The maximum absolute atomic E-state index is 14.3. The summed E-state index contributed by atoms with van der Waals surface area (Å²) in [6.07, 6.45) is 0.112. The lowest BCUT2D eigenvalue weighted by Crippen LogP contribution is -2.65. The molecule has 4 aliphatic rings. The average Bonchev–Trinajstić information content (AvgIpc) is 3.09. The number of nitrogens with one attached hydrogen (secondary N) is 1. The molecule has 13 heteroatoms. The van der Waals surface area contributed by atoms with E-state index in [1.807, 2.05) is 18.2 Å². The van der Waals surface area contributed by atoms with E-state index in [1.165, 1.54) is 4.90 Å². The van der Waals surface area contributed by atoms with Gasteiger partial charge in [-0.3, -0.25) is 29.0 Å². The molecular formula is C40H43N5O8. The van der Waals surface area contributed by atoms with Crippen molar-refractivity contribution in [2.24, 2.45) is 23.5 Å². The lowest BCUT2D eigenvalue weighted by atomic mass is 9.57. The first kappa shape index (κ1) is 35.9. The number of likely N-dealkylation sites (N-methyl/N-ethyl adjacent to an activating group) is 1. The SMILES string of the molecule is CN(C)c1cc(NC(=O)C2CN(Cc3ccc(-c4ccccc4)cc3)C2)c(O)c2c1C[C@H]1CC3[C@H](N(C)C)C(=O)C(C(N)=O)=C(O)[C@@]3(O)C(=O)C1=C2O. The number of nitrogens with two attached hydrogens (primary N) is 1. The van der Waals surface area contributed by atoms with Crippen molar-refractivity contribution in [3.05, 3.63) is 94.3 Å². The number of likely N-dealkylation sites (tertiary alicyclic amines) is 1. The van der Waals surface area contributed by atoms with Gasteiger partial charge in [-0.05, 0) is 61.2 Å². The summed E-state index contributed by atoms with van der Waals surface area (Å²) in [4.78, 5) is 58.7. The summed E-state index contributed by atoms with van der Waals surface area (Å²) >= 11 is 0. The second-order valence-corrected chi connectivity index (χ2v) is 14.9. The van der Waals surface area contributed by atoms with Gasteiger partial charge in [0.2, 0.25) is 11.7 Å². The van der Waals surface area contributed by atoms with E-state index in [9.17, 15) is 39.6 Å². The van der Waals surface area contributed by atoms with Crippen molar-refractivity contribution < 1.29 is 39.6 Å². The number of Topliss-reactive ketones (excluding diaryl/α,β-unsaturated/α-hetero) is 2. The molecule has 1 heterocycles. The molecule has 2 amide bonds. The highest BCUT2D eigenvalue weighted by molar-refractivity contribution is 6.24. The van der Waals surface area contributed by atoms with Crippen LogP contribution in [-0.4, -0.2) is 107 Å². The Bertz CT molecular complexity index is 2100. The molecule has 13 nitrogen and oxygen atoms in total. The third-order valence-electron chi connectivity index (χ3n) is 11.2. The largest absolute Gasteiger partial charge is 0.508 e. The van der Waals surface area contributed by atoms with Crippen molar-refractivity contribution in [2.45, 2.75) is 31.0 Å². The van der Waals surface area contributed by atoms with Crippen LogP contribution in [0, 0.1) is 17.8 Å². The van der Waals surface area contributed by atoms with Crippen LogP contribution in [0.15, 0.2) is 77.6 Å². The van der Waals surface area contributed by atoms with Crippen LogP contribution in [0.4, 0.5) is 11.4 Å². The Hall–Kier alpha value is -5.50. The van der Waals surface area contributed by atoms with Crippen LogP contribution in [0.1, 0.15) is 23.1 Å². The zero-order chi connectivity index (χ0) is 38.1. The summed E-state index contributed by atoms with van der Waals surface area (Å²) in [5.41, 5.74) is 5.96. The molecule has 1 saturated heterocycles. The second-order valence-electron chi connectivity index (χ2n) is 14.9. The van der Waals surface area contributed by atoms with Crippen LogP contribution >= 0.6 is 0 Å². The number of aromatic hydroxyl groups is 1. The number of benzene rings is 3. The zero-order valence-electron chi connectivity index (χ0n) is 30.0. The van der Waals surface area contributed by atoms with Crippen LogP contribution in [0.5, 0.6) is 5.75 Å². The Morgan fingerprint density at radius 2 is 1.60 bits per heavy atom. The number of aliphatic hydroxyl groups excluding tert-OH is 2. The van der Waals surface area contributed by atoms with Crippen molar-refractivity contribution in [1.29, 1.82) is 0 Å². The minimum Gasteiger partial charge on any atom is -0.508 e. The van der Waals surface area contributed by atoms with Crippen molar-refractivity contribution >= 4 is 40.5 Å². The minimum atomic E-state index is -2.74. The van der Waals surface area contributed by atoms with E-state index in [4.69, 9.17) is 5.73 Å². The molecule has 0 aromatic heterocycles. The molecular weight excluding hydrogens is 678 g/mol. The van der Waals surface area contributed by atoms with E-state index in [0.29, 0.717) is 30.9 Å². The number of carbonyl (C=O) groups is 4. The molecule has 276 valence electrons. The number of anilines is 2. The van der Waals surface area contributed by atoms with E-state index >= 15 is 0 Å². The number of fused-ring (bicyclic) bond motifs is 3. The highest BCUT2D eigenvalue weighted by Gasteiger charge is 2.64. The lowest BCUT2D eigenvalue weighted by molar-refractivity contribution is -0.153. The van der Waals surface area contributed by atoms with Gasteiger partial charge in [0.15, 0.2) is 11.4 Å². The van der Waals surface area contributed by atoms with E-state index in [1.54, 1.807) is 39.2 Å². The maximum Gasteiger partial charge on any atom is 0.255 e. The predicted octanol–water partition coefficient (Wildman–Crippen LogP) is 2.77. The first-order valence-electron chi connectivity index (χ1n) is 17.5. The summed E-state index contributed by atoms with van der Waals surface area (Å²) < 4.78 is 0. The molecule has 1 aliphatic heterocycles. The number of primary amides is 1. The highest BCUT2D eigenvalue weighted by Crippen LogP contribution is 2.54. The number of rotatable bonds is 8. The molecule has 2 fully saturated rings. The molecule has 0 spiro atoms. The number of phenols is 1. The molecule has 3 aliphatic carbocycles. The molecule has 0 radical (unpaired) electrons. The monoisotopic (exact) mass is 721 g/mol. The van der Waals surface area contributed by atoms with E-state index in [0.717, 1.165) is 16.7 Å². The van der Waals surface area contributed by atoms with Crippen LogP contribution < -0.4 is 16.0 Å². The van der Waals surface area contributed by atoms with Crippen molar-refractivity contribution in [3.8, 4) is 16.9 Å². The summed E-state index contributed by atoms with van der Waals surface area (Å²) in [6.45, 7) is 1.68. The van der Waals surface area contributed by atoms with Gasteiger partial charge < -0.3 is 36.4 Å². The first-order chi connectivity index (χ1) is 25.1. The molecule has 0 bridgehead atoms. The van der Waals surface area contributed by atoms with E-state index < -0.39 is 63.8 Å². The minimum absolute atomic E-state index is 0.0206. The predicted molar refractivity (Wildman–Crippen MR) is 198 cm³/mol. The molecule has 1 unspecified atom stereocenters. The van der Waals surface area contributed by atoms with Gasteiger partial charge in [-0.2, -0.15) is 0 Å². The molecule has 4 atom stereocenters. The van der Waals surface area contributed by atoms with Gasteiger partial charge in [-0.1, -0.05) is 54.6 Å². The van der Waals surface area contributed by atoms with Crippen molar-refractivity contribution in [2.75, 3.05) is 51.5 Å². The Morgan fingerprint density at radius 1 is 0.962 bits per heavy atom. The topological polar surface area (TPSA) is 197 Å². The summed E-state index contributed by atoms with van der Waals surface area (Å²) in [6, 6.07) is 18.9. The van der Waals surface area contributed by atoms with Crippen molar-refractivity contribution in [3.63, 3.8) is 0 Å². The number of ketones is 2. The average molecular weight is 722 g/mol. The van der Waals surface area contributed by atoms with Crippen LogP contribution in [0.25, 0.3) is 16.9 Å². The zero-order valence-corrected chi connectivity index (χ0v) is 30.0. The van der Waals surface area contributed by atoms with Gasteiger partial charge >= 0.3 is 0 Å². The number of phenolic OH excluding ortho intramolecular Hbond substituents is 1. The lowest BCUT2D eigenvalue weighted by Gasteiger charge is -2.50. The fourth-order valence-electron chi connectivity index (χ4n) is 8.58. The maximum atomic E-state index is 14.3. The highest BCUT2D eigenvalue weighted by atomic mass is 16.3. The molecule has 3 aromatic carbocycles. The summed E-state index contributed by atoms with van der Waals surface area (Å²) in [7, 11) is 6.64.